The van der Waals surface area contributed by atoms with Gasteiger partial charge in [0.05, 0.1) is 18.0 Å². The second-order valence-electron chi connectivity index (χ2n) is 7.53. The number of hydrogen-bond acceptors (Lipinski definition) is 7. The van der Waals surface area contributed by atoms with Crippen LogP contribution in [0.4, 0.5) is 5.82 Å². The first-order valence-electron chi connectivity index (χ1n) is 10.6. The van der Waals surface area contributed by atoms with E-state index in [4.69, 9.17) is 14.3 Å². The Morgan fingerprint density at radius 3 is 2.73 bits per heavy atom. The van der Waals surface area contributed by atoms with E-state index < -0.39 is 0 Å². The summed E-state index contributed by atoms with van der Waals surface area (Å²) in [6.45, 7) is 2.11. The number of phenols is 1. The van der Waals surface area contributed by atoms with Crippen LogP contribution < -0.4 is 15.5 Å². The lowest BCUT2D eigenvalue weighted by molar-refractivity contribution is 0.373. The molecule has 0 aliphatic carbocycles. The largest absolute Gasteiger partial charge is 0.504 e. The lowest BCUT2D eigenvalue weighted by Crippen LogP contribution is -2.09. The Hall–Kier alpha value is -4.39. The average molecular weight is 438 g/mol. The van der Waals surface area contributed by atoms with E-state index in [0.717, 1.165) is 28.3 Å². The summed E-state index contributed by atoms with van der Waals surface area (Å²) in [4.78, 5) is 8.67. The first kappa shape index (κ1) is 20.5. The monoisotopic (exact) mass is 438 g/mol. The molecule has 0 saturated carbocycles. The number of aromatic hydroxyl groups is 1. The van der Waals surface area contributed by atoms with Gasteiger partial charge in [-0.05, 0) is 54.4 Å². The molecule has 0 amide bonds. The Bertz CT molecular complexity index is 1540. The Kier molecular flexibility index (Phi) is 5.36. The lowest BCUT2D eigenvalue weighted by atomic mass is 10.1. The highest BCUT2D eigenvalue weighted by Gasteiger charge is 2.10. The zero-order valence-electron chi connectivity index (χ0n) is 18.2. The molecular weight excluding hydrogens is 416 g/mol. The van der Waals surface area contributed by atoms with Crippen molar-refractivity contribution in [2.45, 2.75) is 13.3 Å². The summed E-state index contributed by atoms with van der Waals surface area (Å²) in [6.07, 6.45) is 2.41. The number of phenolic OH excluding ortho intramolecular Hbond substituents is 1. The van der Waals surface area contributed by atoms with Gasteiger partial charge in [0, 0.05) is 22.4 Å². The minimum absolute atomic E-state index is 0.0665. The van der Waals surface area contributed by atoms with Crippen LogP contribution in [-0.4, -0.2) is 22.2 Å². The van der Waals surface area contributed by atoms with Crippen molar-refractivity contribution in [1.29, 1.82) is 0 Å². The quantitative estimate of drug-likeness (QED) is 0.364. The second kappa shape index (κ2) is 8.63. The van der Waals surface area contributed by atoms with Crippen molar-refractivity contribution in [1.82, 2.24) is 9.97 Å². The van der Waals surface area contributed by atoms with Crippen LogP contribution in [-0.2, 0) is 6.42 Å². The van der Waals surface area contributed by atoms with E-state index in [-0.39, 0.29) is 5.75 Å². The molecule has 5 rings (SSSR count). The van der Waals surface area contributed by atoms with Crippen LogP contribution >= 0.6 is 0 Å². The molecule has 0 saturated heterocycles. The molecule has 0 atom stereocenters. The van der Waals surface area contributed by atoms with Crippen LogP contribution in [0.15, 0.2) is 82.6 Å². The van der Waals surface area contributed by atoms with Gasteiger partial charge in [0.15, 0.2) is 17.3 Å². The molecular formula is C26H22N4O3. The number of ether oxygens (including phenoxy) is 1. The van der Waals surface area contributed by atoms with Crippen molar-refractivity contribution < 1.29 is 14.3 Å². The van der Waals surface area contributed by atoms with Crippen molar-refractivity contribution in [3.05, 3.63) is 84.0 Å². The van der Waals surface area contributed by atoms with Crippen molar-refractivity contribution in [3.63, 3.8) is 0 Å². The number of aryl methyl sites for hydroxylation is 1. The normalized spacial score (nSPS) is 11.8. The fourth-order valence-corrected chi connectivity index (χ4v) is 3.71. The summed E-state index contributed by atoms with van der Waals surface area (Å²) in [5, 5.41) is 17.1. The number of nitrogens with zero attached hydrogens (tertiary/aromatic N) is 3. The van der Waals surface area contributed by atoms with Crippen LogP contribution in [0.3, 0.4) is 0 Å². The van der Waals surface area contributed by atoms with Gasteiger partial charge in [-0.25, -0.2) is 9.97 Å². The van der Waals surface area contributed by atoms with Gasteiger partial charge >= 0.3 is 0 Å². The number of anilines is 1. The zero-order valence-corrected chi connectivity index (χ0v) is 18.2. The second-order valence-corrected chi connectivity index (χ2v) is 7.53. The number of benzene rings is 3. The van der Waals surface area contributed by atoms with Gasteiger partial charge in [0.1, 0.15) is 17.7 Å². The number of nitrogens with one attached hydrogen (secondary N) is 1. The number of methoxy groups -OCH3 is 1. The third-order valence-corrected chi connectivity index (χ3v) is 5.51. The standard InChI is InChI=1S/C26H22N4O3/c1-3-16-8-11-23-19(12-16)21(14-24(33-23)17-9-10-22(31)25(13-17)32-2)29-30-26-18-6-4-5-7-20(18)27-15-28-26/h4-15,31H,3H2,1-2H3,(H,27,28,30)/b29-21+. The van der Waals surface area contributed by atoms with E-state index >= 15 is 0 Å². The average Bonchev–Trinajstić information content (AvgIpc) is 2.87. The van der Waals surface area contributed by atoms with Gasteiger partial charge in [-0.2, -0.15) is 5.10 Å². The highest BCUT2D eigenvalue weighted by atomic mass is 16.5. The van der Waals surface area contributed by atoms with E-state index in [1.54, 1.807) is 18.2 Å². The molecule has 3 aromatic carbocycles. The number of rotatable bonds is 5. The predicted octanol–water partition coefficient (Wildman–Crippen LogP) is 5.25. The summed E-state index contributed by atoms with van der Waals surface area (Å²) in [6, 6.07) is 20.8. The Labute approximate surface area is 190 Å². The molecule has 0 fully saturated rings. The first-order valence-corrected chi connectivity index (χ1v) is 10.6. The number of hydrogen-bond donors (Lipinski definition) is 2. The molecule has 5 aromatic rings. The fourth-order valence-electron chi connectivity index (χ4n) is 3.71. The Morgan fingerprint density at radius 2 is 1.88 bits per heavy atom. The maximum atomic E-state index is 9.97. The first-order chi connectivity index (χ1) is 16.2. The van der Waals surface area contributed by atoms with Crippen molar-refractivity contribution >= 4 is 27.7 Å². The number of para-hydroxylation sites is 1. The molecule has 0 bridgehead atoms. The fraction of sp³-hybridized carbons (Fsp3) is 0.115. The molecule has 7 heteroatoms. The zero-order chi connectivity index (χ0) is 22.8. The van der Waals surface area contributed by atoms with Crippen LogP contribution in [0.25, 0.3) is 33.2 Å². The van der Waals surface area contributed by atoms with Gasteiger partial charge in [-0.3, -0.25) is 5.43 Å². The third kappa shape index (κ3) is 3.96. The van der Waals surface area contributed by atoms with Crippen LogP contribution in [0, 0.1) is 0 Å². The molecule has 0 aliphatic heterocycles. The van der Waals surface area contributed by atoms with Gasteiger partial charge in [0.25, 0.3) is 0 Å². The van der Waals surface area contributed by atoms with E-state index in [1.165, 1.54) is 19.0 Å². The SMILES string of the molecule is CCc1ccc2oc(-c3ccc(O)c(OC)c3)c/c(=N\Nc3ncnc4ccccc34)c2c1. The van der Waals surface area contributed by atoms with Gasteiger partial charge in [-0.15, -0.1) is 0 Å². The summed E-state index contributed by atoms with van der Waals surface area (Å²) in [5.41, 5.74) is 6.59. The highest BCUT2D eigenvalue weighted by molar-refractivity contribution is 5.88. The van der Waals surface area contributed by atoms with E-state index in [2.05, 4.69) is 28.4 Å². The molecule has 2 heterocycles. The number of aromatic nitrogens is 2. The van der Waals surface area contributed by atoms with Crippen LogP contribution in [0.5, 0.6) is 11.5 Å². The van der Waals surface area contributed by atoms with E-state index in [0.29, 0.717) is 28.3 Å². The molecule has 164 valence electrons. The Morgan fingerprint density at radius 1 is 1.00 bits per heavy atom. The van der Waals surface area contributed by atoms with E-state index in [9.17, 15) is 5.11 Å². The molecule has 0 spiro atoms. The maximum absolute atomic E-state index is 9.97. The molecule has 2 N–H and O–H groups in total. The molecule has 0 unspecified atom stereocenters. The van der Waals surface area contributed by atoms with Crippen LogP contribution in [0.2, 0.25) is 0 Å². The van der Waals surface area contributed by atoms with Gasteiger partial charge in [0.2, 0.25) is 0 Å². The van der Waals surface area contributed by atoms with Crippen LogP contribution in [0.1, 0.15) is 12.5 Å². The summed E-state index contributed by atoms with van der Waals surface area (Å²) in [5.74, 6) is 1.65. The summed E-state index contributed by atoms with van der Waals surface area (Å²) >= 11 is 0. The molecule has 7 nitrogen and oxygen atoms in total. The summed E-state index contributed by atoms with van der Waals surface area (Å²) in [7, 11) is 1.51. The van der Waals surface area contributed by atoms with Gasteiger partial charge in [-0.1, -0.05) is 25.1 Å². The molecule has 0 aliphatic rings. The topological polar surface area (TPSA) is 92.8 Å². The summed E-state index contributed by atoms with van der Waals surface area (Å²) < 4.78 is 11.5. The minimum atomic E-state index is 0.0665. The highest BCUT2D eigenvalue weighted by Crippen LogP contribution is 2.32. The third-order valence-electron chi connectivity index (χ3n) is 5.51. The van der Waals surface area contributed by atoms with Crippen molar-refractivity contribution in [2.24, 2.45) is 5.10 Å². The predicted molar refractivity (Wildman–Crippen MR) is 128 cm³/mol. The number of fused-ring (bicyclic) bond motifs is 2. The molecule has 33 heavy (non-hydrogen) atoms. The Balaban J connectivity index is 1.68. The molecule has 2 aromatic heterocycles. The molecule has 0 radical (unpaired) electrons. The van der Waals surface area contributed by atoms with Crippen molar-refractivity contribution in [3.8, 4) is 22.8 Å². The smallest absolute Gasteiger partial charge is 0.161 e. The van der Waals surface area contributed by atoms with E-state index in [1.807, 2.05) is 42.5 Å². The maximum Gasteiger partial charge on any atom is 0.161 e. The van der Waals surface area contributed by atoms with Gasteiger partial charge < -0.3 is 14.3 Å². The van der Waals surface area contributed by atoms with Crippen molar-refractivity contribution in [2.75, 3.05) is 12.5 Å². The lowest BCUT2D eigenvalue weighted by Gasteiger charge is -2.09. The minimum Gasteiger partial charge on any atom is -0.504 e.